The summed E-state index contributed by atoms with van der Waals surface area (Å²) in [7, 11) is 0. The molecule has 2 heterocycles. The summed E-state index contributed by atoms with van der Waals surface area (Å²) in [6.45, 7) is 12.2. The average molecular weight is 509 g/mol. The molecule has 0 aliphatic rings. The number of fused-ring (bicyclic) bond motifs is 2. The Kier molecular flexibility index (Phi) is 6.30. The zero-order chi connectivity index (χ0) is 27.5. The van der Waals surface area contributed by atoms with E-state index in [1.54, 1.807) is 13.0 Å². The molecule has 3 aromatic carbocycles. The first-order valence-electron chi connectivity index (χ1n) is 13.2. The highest BCUT2D eigenvalue weighted by Gasteiger charge is 2.22. The Morgan fingerprint density at radius 3 is 1.61 bits per heavy atom. The largest absolute Gasteiger partial charge is 0.272 e. The van der Waals surface area contributed by atoms with Crippen LogP contribution in [0.4, 0.5) is 0 Å². The number of hydrogen-bond acceptors (Lipinski definition) is 4. The van der Waals surface area contributed by atoms with Gasteiger partial charge in [-0.05, 0) is 91.6 Å². The van der Waals surface area contributed by atoms with Crippen molar-refractivity contribution in [2.24, 2.45) is 0 Å². The summed E-state index contributed by atoms with van der Waals surface area (Å²) < 4.78 is 2.35. The highest BCUT2D eigenvalue weighted by molar-refractivity contribution is 5.98. The van der Waals surface area contributed by atoms with Crippen molar-refractivity contribution in [2.45, 2.75) is 66.3 Å². The van der Waals surface area contributed by atoms with Gasteiger partial charge in [0.1, 0.15) is 0 Å². The van der Waals surface area contributed by atoms with Crippen molar-refractivity contribution in [3.05, 3.63) is 107 Å². The topological polar surface area (TPSA) is 78.1 Å². The van der Waals surface area contributed by atoms with E-state index in [0.717, 1.165) is 27.7 Å². The normalized spacial score (nSPS) is 13.4. The van der Waals surface area contributed by atoms with Crippen LogP contribution in [0.15, 0.2) is 67.7 Å². The third-order valence-corrected chi connectivity index (χ3v) is 8.14. The number of nitrogens with zero attached hydrogens (tertiary/aromatic N) is 2. The molecule has 38 heavy (non-hydrogen) atoms. The van der Waals surface area contributed by atoms with Crippen LogP contribution < -0.4 is 22.2 Å². The molecule has 5 rings (SSSR count). The van der Waals surface area contributed by atoms with E-state index in [4.69, 9.17) is 0 Å². The Hall–Kier alpha value is -4.06. The predicted octanol–water partition coefficient (Wildman–Crippen LogP) is 5.67. The number of benzene rings is 3. The lowest BCUT2D eigenvalue weighted by molar-refractivity contribution is 0.510. The van der Waals surface area contributed by atoms with E-state index in [0.29, 0.717) is 18.0 Å². The van der Waals surface area contributed by atoms with Gasteiger partial charge in [-0.25, -0.2) is 4.57 Å². The highest BCUT2D eigenvalue weighted by atomic mass is 16.2. The van der Waals surface area contributed by atoms with Crippen LogP contribution in [0.2, 0.25) is 0 Å². The second-order valence-corrected chi connectivity index (χ2v) is 10.5. The van der Waals surface area contributed by atoms with Crippen molar-refractivity contribution in [3.63, 3.8) is 0 Å². The first-order chi connectivity index (χ1) is 18.1. The maximum Gasteiger partial charge on any atom is 0.266 e. The summed E-state index contributed by atoms with van der Waals surface area (Å²) >= 11 is 0. The van der Waals surface area contributed by atoms with Crippen molar-refractivity contribution in [2.75, 3.05) is 0 Å². The molecule has 6 heteroatoms. The molecule has 0 aliphatic heterocycles. The van der Waals surface area contributed by atoms with Gasteiger partial charge in [0.05, 0.1) is 27.2 Å². The molecule has 0 saturated heterocycles. The maximum absolute atomic E-state index is 13.4. The molecule has 0 saturated carbocycles. The fraction of sp³-hybridized carbons (Fsp3) is 0.312. The third-order valence-electron chi connectivity index (χ3n) is 8.14. The molecule has 6 nitrogen and oxygen atoms in total. The Morgan fingerprint density at radius 1 is 0.632 bits per heavy atom. The van der Waals surface area contributed by atoms with Gasteiger partial charge in [0.25, 0.3) is 22.2 Å². The van der Waals surface area contributed by atoms with Crippen LogP contribution >= 0.6 is 0 Å². The van der Waals surface area contributed by atoms with Crippen molar-refractivity contribution < 1.29 is 0 Å². The van der Waals surface area contributed by atoms with Crippen molar-refractivity contribution in [1.29, 1.82) is 0 Å². The Bertz CT molecular complexity index is 1850. The minimum absolute atomic E-state index is 0.152. The van der Waals surface area contributed by atoms with Gasteiger partial charge >= 0.3 is 0 Å². The minimum Gasteiger partial charge on any atom is -0.272 e. The van der Waals surface area contributed by atoms with Crippen molar-refractivity contribution in [1.82, 2.24) is 9.13 Å². The lowest BCUT2D eigenvalue weighted by Gasteiger charge is -2.15. The SMILES string of the molecule is CCC(C)c1ccc(-c2ccc(-n3c(=O)c4cc5c(=O)n(C(C)CC)c(=O)c5cc4c3=O)cc2C)c(C)c1. The Morgan fingerprint density at radius 2 is 1.13 bits per heavy atom. The smallest absolute Gasteiger partial charge is 0.266 e. The molecule has 194 valence electrons. The molecule has 2 aromatic heterocycles. The van der Waals surface area contributed by atoms with E-state index in [9.17, 15) is 19.2 Å². The first-order valence-corrected chi connectivity index (χ1v) is 13.2. The van der Waals surface area contributed by atoms with Gasteiger partial charge in [-0.3, -0.25) is 23.7 Å². The number of aromatic nitrogens is 2. The van der Waals surface area contributed by atoms with Crippen LogP contribution in [0.3, 0.4) is 0 Å². The summed E-state index contributed by atoms with van der Waals surface area (Å²) in [4.78, 5) is 52.7. The van der Waals surface area contributed by atoms with Gasteiger partial charge in [-0.1, -0.05) is 45.0 Å². The van der Waals surface area contributed by atoms with Crippen molar-refractivity contribution >= 4 is 21.5 Å². The van der Waals surface area contributed by atoms with Crippen LogP contribution in [-0.2, 0) is 0 Å². The van der Waals surface area contributed by atoms with E-state index < -0.39 is 22.2 Å². The standard InChI is InChI=1S/C32H32N2O4/c1-7-17(3)21-9-11-23(18(4)13-21)24-12-10-22(14-19(24)5)34-31(37)27-15-25-26(16-28(27)32(34)38)30(36)33(29(25)35)20(6)8-2/h9-17,20H,7-8H2,1-6H3. The third kappa shape index (κ3) is 3.78. The maximum atomic E-state index is 13.4. The molecule has 0 aliphatic carbocycles. The second-order valence-electron chi connectivity index (χ2n) is 10.5. The van der Waals surface area contributed by atoms with Crippen LogP contribution in [-0.4, -0.2) is 9.13 Å². The fourth-order valence-corrected chi connectivity index (χ4v) is 5.43. The molecular formula is C32H32N2O4. The molecule has 0 radical (unpaired) electrons. The van der Waals surface area contributed by atoms with Gasteiger partial charge < -0.3 is 0 Å². The van der Waals surface area contributed by atoms with Gasteiger partial charge in [0.2, 0.25) is 0 Å². The Labute approximate surface area is 220 Å². The van der Waals surface area contributed by atoms with Gasteiger partial charge in [0, 0.05) is 6.04 Å². The molecule has 2 unspecified atom stereocenters. The summed E-state index contributed by atoms with van der Waals surface area (Å²) in [5.74, 6) is 0.491. The molecule has 0 fully saturated rings. The molecule has 0 amide bonds. The van der Waals surface area contributed by atoms with Crippen LogP contribution in [0.5, 0.6) is 0 Å². The molecule has 2 atom stereocenters. The molecular weight excluding hydrogens is 476 g/mol. The number of rotatable bonds is 6. The van der Waals surface area contributed by atoms with E-state index in [2.05, 4.69) is 39.0 Å². The van der Waals surface area contributed by atoms with Crippen LogP contribution in [0.25, 0.3) is 38.4 Å². The summed E-state index contributed by atoms with van der Waals surface area (Å²) in [6, 6.07) is 14.7. The summed E-state index contributed by atoms with van der Waals surface area (Å²) in [5.41, 5.74) is 4.22. The van der Waals surface area contributed by atoms with Gasteiger partial charge in [-0.15, -0.1) is 0 Å². The van der Waals surface area contributed by atoms with Crippen molar-refractivity contribution in [3.8, 4) is 16.8 Å². The molecule has 0 bridgehead atoms. The summed E-state index contributed by atoms with van der Waals surface area (Å²) in [6.07, 6.45) is 1.70. The monoisotopic (exact) mass is 508 g/mol. The number of aryl methyl sites for hydroxylation is 2. The van der Waals surface area contributed by atoms with E-state index >= 15 is 0 Å². The molecule has 0 N–H and O–H groups in total. The van der Waals surface area contributed by atoms with E-state index in [1.807, 2.05) is 26.0 Å². The fourth-order valence-electron chi connectivity index (χ4n) is 5.43. The van der Waals surface area contributed by atoms with E-state index in [-0.39, 0.29) is 27.6 Å². The minimum atomic E-state index is -0.490. The molecule has 5 aromatic rings. The zero-order valence-corrected chi connectivity index (χ0v) is 22.7. The predicted molar refractivity (Wildman–Crippen MR) is 155 cm³/mol. The quantitative estimate of drug-likeness (QED) is 0.296. The van der Waals surface area contributed by atoms with Gasteiger partial charge in [-0.2, -0.15) is 0 Å². The van der Waals surface area contributed by atoms with Crippen LogP contribution in [0.1, 0.15) is 69.2 Å². The van der Waals surface area contributed by atoms with Gasteiger partial charge in [0.15, 0.2) is 0 Å². The lowest BCUT2D eigenvalue weighted by atomic mass is 9.91. The second kappa shape index (κ2) is 9.35. The number of hydrogen-bond donors (Lipinski definition) is 0. The lowest BCUT2D eigenvalue weighted by Crippen LogP contribution is -2.28. The highest BCUT2D eigenvalue weighted by Crippen LogP contribution is 2.31. The Balaban J connectivity index is 1.64. The average Bonchev–Trinajstić information content (AvgIpc) is 3.30. The van der Waals surface area contributed by atoms with Crippen LogP contribution in [0, 0.1) is 13.8 Å². The van der Waals surface area contributed by atoms with E-state index in [1.165, 1.54) is 27.8 Å². The summed E-state index contributed by atoms with van der Waals surface area (Å²) in [5, 5.41) is 0.665. The first kappa shape index (κ1) is 25.6. The molecule has 0 spiro atoms. The zero-order valence-electron chi connectivity index (χ0n) is 22.7.